The van der Waals surface area contributed by atoms with Gasteiger partial charge in [-0.05, 0) is 22.3 Å². The second kappa shape index (κ2) is 12.6. The second-order valence-corrected chi connectivity index (χ2v) is 7.46. The molecule has 4 aromatic carbocycles. The molecule has 7 heteroatoms. The number of rotatable bonds is 6. The molecule has 0 aliphatic carbocycles. The van der Waals surface area contributed by atoms with E-state index in [1.165, 1.54) is 0 Å². The predicted molar refractivity (Wildman–Crippen MR) is 128 cm³/mol. The number of carbonyl (C=O) groups is 2. The first-order valence-electron chi connectivity index (χ1n) is 10.4. The molecule has 6 nitrogen and oxygen atoms in total. The maximum Gasteiger partial charge on any atom is 2.00 e. The molecule has 0 saturated carbocycles. The van der Waals surface area contributed by atoms with Gasteiger partial charge in [0.25, 0.3) is 0 Å². The second-order valence-electron chi connectivity index (χ2n) is 7.46. The molecule has 35 heavy (non-hydrogen) atoms. The molecule has 2 N–H and O–H groups in total. The van der Waals surface area contributed by atoms with Crippen LogP contribution in [0.2, 0.25) is 0 Å². The average molecular weight is 495 g/mol. The van der Waals surface area contributed by atoms with Crippen molar-refractivity contribution in [3.05, 3.63) is 144 Å². The Balaban J connectivity index is 0.000000240. The number of hydrogen-bond donors (Lipinski definition) is 2. The van der Waals surface area contributed by atoms with E-state index in [0.717, 1.165) is 0 Å². The van der Waals surface area contributed by atoms with Gasteiger partial charge in [-0.3, -0.25) is 0 Å². The Bertz CT molecular complexity index is 1040. The Morgan fingerprint density at radius 3 is 0.771 bits per heavy atom. The van der Waals surface area contributed by atoms with Crippen LogP contribution in [0, 0.1) is 0 Å². The predicted octanol–water partition coefficient (Wildman–Crippen LogP) is 0.964. The van der Waals surface area contributed by atoms with E-state index < -0.39 is 23.1 Å². The number of hydrogen-bond acceptors (Lipinski definition) is 6. The summed E-state index contributed by atoms with van der Waals surface area (Å²) in [6.45, 7) is 0. The molecule has 0 aliphatic heterocycles. The third-order valence-electron chi connectivity index (χ3n) is 5.36. The monoisotopic (exact) mass is 494 g/mol. The third kappa shape index (κ3) is 6.17. The summed E-state index contributed by atoms with van der Waals surface area (Å²) >= 11 is 0. The summed E-state index contributed by atoms with van der Waals surface area (Å²) in [6, 6.07) is 32.9. The van der Waals surface area contributed by atoms with Crippen LogP contribution in [0.4, 0.5) is 0 Å². The quantitative estimate of drug-likeness (QED) is 0.385. The van der Waals surface area contributed by atoms with E-state index >= 15 is 0 Å². The summed E-state index contributed by atoms with van der Waals surface area (Å²) in [5, 5.41) is 43.3. The molecule has 0 fully saturated rings. The summed E-state index contributed by atoms with van der Waals surface area (Å²) < 4.78 is 0. The SMILES string of the molecule is O=C([O-])C(O)(c1ccccc1)c1ccccc1.O=C([O-])C(O)(c1ccccc1)c1ccccc1.[Ca+2]. The van der Waals surface area contributed by atoms with E-state index in [9.17, 15) is 30.0 Å². The van der Waals surface area contributed by atoms with Gasteiger partial charge in [0.15, 0.2) is 11.2 Å². The maximum atomic E-state index is 11.3. The number of carboxylic acid groups (broad SMARTS) is 2. The molecule has 0 aliphatic rings. The Kier molecular flexibility index (Phi) is 10.2. The number of aliphatic hydroxyl groups is 2. The molecule has 0 heterocycles. The van der Waals surface area contributed by atoms with E-state index in [1.807, 2.05) is 0 Å². The van der Waals surface area contributed by atoms with Crippen LogP contribution in [-0.2, 0) is 20.8 Å². The van der Waals surface area contributed by atoms with Gasteiger partial charge in [0.2, 0.25) is 0 Å². The minimum Gasteiger partial charge on any atom is -0.546 e. The molecule has 0 aromatic heterocycles. The normalized spacial score (nSPS) is 10.8. The van der Waals surface area contributed by atoms with Gasteiger partial charge in [0.1, 0.15) is 0 Å². The van der Waals surface area contributed by atoms with E-state index in [2.05, 4.69) is 0 Å². The van der Waals surface area contributed by atoms with Crippen LogP contribution >= 0.6 is 0 Å². The summed E-state index contributed by atoms with van der Waals surface area (Å²) in [6.07, 6.45) is 0. The van der Waals surface area contributed by atoms with Crippen molar-refractivity contribution in [2.45, 2.75) is 11.2 Å². The van der Waals surface area contributed by atoms with Gasteiger partial charge in [-0.2, -0.15) is 0 Å². The minimum atomic E-state index is -2.11. The van der Waals surface area contributed by atoms with Gasteiger partial charge >= 0.3 is 37.7 Å². The van der Waals surface area contributed by atoms with Crippen molar-refractivity contribution in [3.8, 4) is 0 Å². The molecule has 0 atom stereocenters. The van der Waals surface area contributed by atoms with Crippen LogP contribution in [0.3, 0.4) is 0 Å². The van der Waals surface area contributed by atoms with E-state index in [0.29, 0.717) is 0 Å². The fourth-order valence-electron chi connectivity index (χ4n) is 3.52. The topological polar surface area (TPSA) is 121 Å². The fraction of sp³-hybridized carbons (Fsp3) is 0.0714. The molecule has 0 saturated heterocycles. The van der Waals surface area contributed by atoms with Crippen molar-refractivity contribution in [1.82, 2.24) is 0 Å². The zero-order valence-corrected chi connectivity index (χ0v) is 21.0. The first-order chi connectivity index (χ1) is 16.3. The van der Waals surface area contributed by atoms with Crippen LogP contribution in [0.1, 0.15) is 22.3 Å². The molecule has 0 radical (unpaired) electrons. The molecule has 172 valence electrons. The number of benzene rings is 4. The van der Waals surface area contributed by atoms with E-state index in [4.69, 9.17) is 0 Å². The van der Waals surface area contributed by atoms with Gasteiger partial charge in [0.05, 0.1) is 11.9 Å². The number of carbonyl (C=O) groups excluding carboxylic acids is 2. The Morgan fingerprint density at radius 1 is 0.457 bits per heavy atom. The Labute approximate surface area is 233 Å². The standard InChI is InChI=1S/2C14H12O3.Ca/c2*15-13(16)14(17,11-7-3-1-4-8-11)12-9-5-2-6-10-12;/h2*1-10,17H,(H,15,16);/q;;+2/p-2. The van der Waals surface area contributed by atoms with Crippen LogP contribution in [0.15, 0.2) is 121 Å². The maximum absolute atomic E-state index is 11.3. The van der Waals surface area contributed by atoms with Crippen LogP contribution in [-0.4, -0.2) is 59.9 Å². The summed E-state index contributed by atoms with van der Waals surface area (Å²) in [7, 11) is 0. The van der Waals surface area contributed by atoms with Gasteiger partial charge in [-0.15, -0.1) is 0 Å². The summed E-state index contributed by atoms with van der Waals surface area (Å²) in [5.74, 6) is -3.06. The van der Waals surface area contributed by atoms with Gasteiger partial charge < -0.3 is 30.0 Å². The number of carboxylic acids is 2. The van der Waals surface area contributed by atoms with Crippen molar-refractivity contribution < 1.29 is 30.0 Å². The van der Waals surface area contributed by atoms with Gasteiger partial charge in [-0.1, -0.05) is 121 Å². The van der Waals surface area contributed by atoms with Crippen molar-refractivity contribution in [2.24, 2.45) is 0 Å². The molecule has 0 spiro atoms. The van der Waals surface area contributed by atoms with Crippen LogP contribution in [0.25, 0.3) is 0 Å². The van der Waals surface area contributed by atoms with Crippen molar-refractivity contribution >= 4 is 49.7 Å². The van der Waals surface area contributed by atoms with Crippen molar-refractivity contribution in [3.63, 3.8) is 0 Å². The molecule has 4 rings (SSSR count). The zero-order valence-electron chi connectivity index (χ0n) is 18.8. The summed E-state index contributed by atoms with van der Waals surface area (Å²) in [5.41, 5.74) is -3.08. The first-order valence-corrected chi connectivity index (χ1v) is 10.4. The van der Waals surface area contributed by atoms with E-state index in [-0.39, 0.29) is 60.0 Å². The van der Waals surface area contributed by atoms with Crippen LogP contribution in [0.5, 0.6) is 0 Å². The Hall–Kier alpha value is -3.00. The smallest absolute Gasteiger partial charge is 0.546 e. The molecular formula is C28H22CaO6. The van der Waals surface area contributed by atoms with Crippen molar-refractivity contribution in [1.29, 1.82) is 0 Å². The number of aliphatic carboxylic acids is 2. The molecule has 0 bridgehead atoms. The minimum absolute atomic E-state index is 0. The third-order valence-corrected chi connectivity index (χ3v) is 5.36. The largest absolute Gasteiger partial charge is 2.00 e. The van der Waals surface area contributed by atoms with Crippen LogP contribution < -0.4 is 10.2 Å². The van der Waals surface area contributed by atoms with Crippen molar-refractivity contribution in [2.75, 3.05) is 0 Å². The molecular weight excluding hydrogens is 472 g/mol. The van der Waals surface area contributed by atoms with E-state index in [1.54, 1.807) is 121 Å². The van der Waals surface area contributed by atoms with Gasteiger partial charge in [0, 0.05) is 0 Å². The zero-order chi connectivity index (χ0) is 24.6. The molecule has 0 unspecified atom stereocenters. The van der Waals surface area contributed by atoms with Gasteiger partial charge in [-0.25, -0.2) is 0 Å². The molecule has 0 amide bonds. The Morgan fingerprint density at radius 2 is 0.629 bits per heavy atom. The fourth-order valence-corrected chi connectivity index (χ4v) is 3.52. The summed E-state index contributed by atoms with van der Waals surface area (Å²) in [4.78, 5) is 22.5. The first kappa shape index (κ1) is 28.2. The molecule has 4 aromatic rings. The average Bonchev–Trinajstić information content (AvgIpc) is 2.90.